The lowest BCUT2D eigenvalue weighted by molar-refractivity contribution is -0.108. The predicted octanol–water partition coefficient (Wildman–Crippen LogP) is 4.48. The Morgan fingerprint density at radius 3 is 2.29 bits per heavy atom. The molecule has 1 unspecified atom stereocenters. The number of nitrogens with two attached hydrogens (primary N) is 1. The van der Waals surface area contributed by atoms with Gasteiger partial charge in [-0.1, -0.05) is 49.2 Å². The Morgan fingerprint density at radius 2 is 1.75 bits per heavy atom. The van der Waals surface area contributed by atoms with Crippen molar-refractivity contribution >= 4 is 29.5 Å². The van der Waals surface area contributed by atoms with Crippen molar-refractivity contribution in [2.45, 2.75) is 38.6 Å². The van der Waals surface area contributed by atoms with Crippen LogP contribution in [0.1, 0.15) is 42.0 Å². The SMILES string of the molecule is CC(C)c1cc(Cc2c(Cl)cc(CC(N)C=O)cc2Cl)ccc1O. The van der Waals surface area contributed by atoms with Crippen molar-refractivity contribution in [3.8, 4) is 5.75 Å². The number of carbonyl (C=O) groups is 1. The van der Waals surface area contributed by atoms with Gasteiger partial charge >= 0.3 is 0 Å². The van der Waals surface area contributed by atoms with Gasteiger partial charge in [-0.25, -0.2) is 0 Å². The van der Waals surface area contributed by atoms with Gasteiger partial charge in [0.1, 0.15) is 12.0 Å². The highest BCUT2D eigenvalue weighted by atomic mass is 35.5. The Balaban J connectivity index is 2.30. The average molecular weight is 366 g/mol. The van der Waals surface area contributed by atoms with Gasteiger partial charge in [0, 0.05) is 16.5 Å². The summed E-state index contributed by atoms with van der Waals surface area (Å²) in [5, 5.41) is 11.0. The number of rotatable bonds is 6. The van der Waals surface area contributed by atoms with Crippen molar-refractivity contribution in [3.63, 3.8) is 0 Å². The van der Waals surface area contributed by atoms with Gasteiger partial charge in [0.2, 0.25) is 0 Å². The van der Waals surface area contributed by atoms with Crippen molar-refractivity contribution in [1.82, 2.24) is 0 Å². The molecule has 1 atom stereocenters. The molecular formula is C19H21Cl2NO2. The zero-order valence-electron chi connectivity index (χ0n) is 13.7. The minimum atomic E-state index is -0.561. The van der Waals surface area contributed by atoms with Gasteiger partial charge in [0.25, 0.3) is 0 Å². The summed E-state index contributed by atoms with van der Waals surface area (Å²) in [6.07, 6.45) is 1.68. The van der Waals surface area contributed by atoms with E-state index in [0.717, 1.165) is 22.3 Å². The van der Waals surface area contributed by atoms with Gasteiger partial charge in [-0.15, -0.1) is 0 Å². The molecule has 128 valence electrons. The summed E-state index contributed by atoms with van der Waals surface area (Å²) >= 11 is 12.8. The van der Waals surface area contributed by atoms with E-state index < -0.39 is 6.04 Å². The van der Waals surface area contributed by atoms with E-state index in [2.05, 4.69) is 0 Å². The van der Waals surface area contributed by atoms with Crippen LogP contribution in [0.4, 0.5) is 0 Å². The molecule has 0 aliphatic carbocycles. The quantitative estimate of drug-likeness (QED) is 0.741. The largest absolute Gasteiger partial charge is 0.508 e. The van der Waals surface area contributed by atoms with E-state index >= 15 is 0 Å². The first-order valence-corrected chi connectivity index (χ1v) is 8.56. The second-order valence-electron chi connectivity index (χ2n) is 6.27. The van der Waals surface area contributed by atoms with Crippen LogP contribution < -0.4 is 5.73 Å². The van der Waals surface area contributed by atoms with Crippen LogP contribution in [-0.2, 0) is 17.6 Å². The van der Waals surface area contributed by atoms with Crippen LogP contribution in [0.25, 0.3) is 0 Å². The molecule has 0 bridgehead atoms. The second kappa shape index (κ2) is 8.02. The summed E-state index contributed by atoms with van der Waals surface area (Å²) in [5.41, 5.74) is 9.23. The summed E-state index contributed by atoms with van der Waals surface area (Å²) < 4.78 is 0. The molecule has 24 heavy (non-hydrogen) atoms. The predicted molar refractivity (Wildman–Crippen MR) is 99.2 cm³/mol. The summed E-state index contributed by atoms with van der Waals surface area (Å²) in [7, 11) is 0. The zero-order valence-corrected chi connectivity index (χ0v) is 15.2. The molecule has 0 saturated carbocycles. The molecule has 0 aromatic heterocycles. The van der Waals surface area contributed by atoms with E-state index in [4.69, 9.17) is 28.9 Å². The molecule has 3 N–H and O–H groups in total. The molecule has 0 heterocycles. The molecule has 5 heteroatoms. The Bertz CT molecular complexity index is 721. The molecule has 0 radical (unpaired) electrons. The van der Waals surface area contributed by atoms with Gasteiger partial charge in [0.15, 0.2) is 0 Å². The molecule has 0 amide bonds. The fraction of sp³-hybridized carbons (Fsp3) is 0.316. The summed E-state index contributed by atoms with van der Waals surface area (Å²) in [6, 6.07) is 8.58. The normalized spacial score (nSPS) is 12.4. The minimum absolute atomic E-state index is 0.225. The van der Waals surface area contributed by atoms with Gasteiger partial charge in [-0.05, 0) is 52.8 Å². The van der Waals surface area contributed by atoms with E-state index in [1.165, 1.54) is 0 Å². The number of phenolic OH excluding ortho intramolecular Hbond substituents is 1. The first kappa shape index (κ1) is 18.8. The Kier molecular flexibility index (Phi) is 6.27. The smallest absolute Gasteiger partial charge is 0.137 e. The van der Waals surface area contributed by atoms with Crippen LogP contribution in [0.5, 0.6) is 5.75 Å². The zero-order chi connectivity index (χ0) is 17.9. The topological polar surface area (TPSA) is 63.3 Å². The van der Waals surface area contributed by atoms with Crippen LogP contribution in [0, 0.1) is 0 Å². The maximum atomic E-state index is 10.7. The van der Waals surface area contributed by atoms with Gasteiger partial charge in [-0.2, -0.15) is 0 Å². The lowest BCUT2D eigenvalue weighted by Crippen LogP contribution is -2.24. The molecule has 3 nitrogen and oxygen atoms in total. The fourth-order valence-electron chi connectivity index (χ4n) is 2.64. The monoisotopic (exact) mass is 365 g/mol. The summed E-state index contributed by atoms with van der Waals surface area (Å²) in [6.45, 7) is 4.06. The van der Waals surface area contributed by atoms with Crippen LogP contribution in [0.15, 0.2) is 30.3 Å². The standard InChI is InChI=1S/C19H21Cl2NO2/c1-11(2)15-6-12(3-4-19(15)24)7-16-17(20)8-13(9-18(16)21)5-14(22)10-23/h3-4,6,8-11,14,24H,5,7,22H2,1-2H3. The molecular weight excluding hydrogens is 345 g/mol. The van der Waals surface area contributed by atoms with Gasteiger partial charge < -0.3 is 15.6 Å². The molecule has 0 spiro atoms. The number of aromatic hydroxyl groups is 1. The van der Waals surface area contributed by atoms with Crippen molar-refractivity contribution in [2.75, 3.05) is 0 Å². The van der Waals surface area contributed by atoms with Crippen LogP contribution in [0.2, 0.25) is 10.0 Å². The van der Waals surface area contributed by atoms with Crippen LogP contribution in [0.3, 0.4) is 0 Å². The molecule has 2 aromatic carbocycles. The first-order chi connectivity index (χ1) is 11.3. The van der Waals surface area contributed by atoms with E-state index in [-0.39, 0.29) is 5.92 Å². The maximum absolute atomic E-state index is 10.7. The summed E-state index contributed by atoms with van der Waals surface area (Å²) in [5.74, 6) is 0.521. The van der Waals surface area contributed by atoms with E-state index in [1.807, 2.05) is 26.0 Å². The Labute approximate surface area is 152 Å². The molecule has 0 aliphatic rings. The molecule has 0 saturated heterocycles. The van der Waals surface area contributed by atoms with Gasteiger partial charge in [-0.3, -0.25) is 0 Å². The lowest BCUT2D eigenvalue weighted by atomic mass is 9.96. The number of carbonyl (C=O) groups excluding carboxylic acids is 1. The van der Waals surface area contributed by atoms with Crippen molar-refractivity contribution in [3.05, 3.63) is 62.6 Å². The highest BCUT2D eigenvalue weighted by Gasteiger charge is 2.13. The van der Waals surface area contributed by atoms with Crippen LogP contribution in [-0.4, -0.2) is 17.4 Å². The lowest BCUT2D eigenvalue weighted by Gasteiger charge is -2.14. The number of benzene rings is 2. The third-order valence-corrected chi connectivity index (χ3v) is 4.62. The fourth-order valence-corrected chi connectivity index (χ4v) is 3.31. The van der Waals surface area contributed by atoms with Crippen LogP contribution >= 0.6 is 23.2 Å². The van der Waals surface area contributed by atoms with E-state index in [1.54, 1.807) is 18.2 Å². The molecule has 2 aromatic rings. The van der Waals surface area contributed by atoms with Crippen molar-refractivity contribution < 1.29 is 9.90 Å². The summed E-state index contributed by atoms with van der Waals surface area (Å²) in [4.78, 5) is 10.7. The van der Waals surface area contributed by atoms with Gasteiger partial charge in [0.05, 0.1) is 6.04 Å². The van der Waals surface area contributed by atoms with Crippen molar-refractivity contribution in [1.29, 1.82) is 0 Å². The Morgan fingerprint density at radius 1 is 1.12 bits per heavy atom. The number of aldehydes is 1. The first-order valence-electron chi connectivity index (χ1n) is 7.81. The highest BCUT2D eigenvalue weighted by Crippen LogP contribution is 2.32. The Hall–Kier alpha value is -1.55. The second-order valence-corrected chi connectivity index (χ2v) is 7.08. The van der Waals surface area contributed by atoms with E-state index in [9.17, 15) is 9.90 Å². The average Bonchev–Trinajstić information content (AvgIpc) is 2.52. The minimum Gasteiger partial charge on any atom is -0.508 e. The third-order valence-electron chi connectivity index (χ3n) is 3.94. The number of hydrogen-bond donors (Lipinski definition) is 2. The number of phenols is 1. The molecule has 0 aliphatic heterocycles. The third kappa shape index (κ3) is 4.50. The maximum Gasteiger partial charge on any atom is 0.137 e. The van der Waals surface area contributed by atoms with E-state index in [0.29, 0.717) is 34.9 Å². The number of hydrogen-bond acceptors (Lipinski definition) is 3. The number of halogens is 2. The molecule has 2 rings (SSSR count). The highest BCUT2D eigenvalue weighted by molar-refractivity contribution is 6.36. The van der Waals surface area contributed by atoms with Crippen molar-refractivity contribution in [2.24, 2.45) is 5.73 Å². The molecule has 0 fully saturated rings.